The van der Waals surface area contributed by atoms with Gasteiger partial charge in [-0.25, -0.2) is 0 Å². The van der Waals surface area contributed by atoms with Gasteiger partial charge in [0.1, 0.15) is 0 Å². The van der Waals surface area contributed by atoms with Crippen LogP contribution in [-0.4, -0.2) is 0 Å². The van der Waals surface area contributed by atoms with Crippen molar-refractivity contribution in [2.24, 2.45) is 0 Å². The van der Waals surface area contributed by atoms with Crippen molar-refractivity contribution in [3.8, 4) is 23.7 Å². The highest BCUT2D eigenvalue weighted by Crippen LogP contribution is 2.02. The molecule has 0 atom stereocenters. The molecule has 0 bridgehead atoms. The van der Waals surface area contributed by atoms with E-state index in [2.05, 4.69) is 30.3 Å². The van der Waals surface area contributed by atoms with E-state index in [0.29, 0.717) is 0 Å². The zero-order chi connectivity index (χ0) is 14.9. The Hall–Kier alpha value is -2.96. The molecule has 0 nitrogen and oxygen atoms in total. The molecule has 2 rings (SSSR count). The van der Waals surface area contributed by atoms with Crippen molar-refractivity contribution in [2.45, 2.75) is 6.92 Å². The van der Waals surface area contributed by atoms with Crippen LogP contribution in [0.2, 0.25) is 0 Å². The average Bonchev–Trinajstić information content (AvgIpc) is 2.51. The summed E-state index contributed by atoms with van der Waals surface area (Å²) in [5.74, 6) is 12.5. The minimum Gasteiger partial charge on any atom is -0.0960 e. The van der Waals surface area contributed by atoms with Crippen molar-refractivity contribution in [1.82, 2.24) is 0 Å². The van der Waals surface area contributed by atoms with Crippen LogP contribution in [0.25, 0.3) is 0 Å². The van der Waals surface area contributed by atoms with E-state index in [1.165, 1.54) is 0 Å². The number of hydrogen-bond acceptors (Lipinski definition) is 0. The second-order valence-corrected chi connectivity index (χ2v) is 4.64. The maximum Gasteiger partial charge on any atom is 0.0753 e. The summed E-state index contributed by atoms with van der Waals surface area (Å²) in [5, 5.41) is 0. The van der Waals surface area contributed by atoms with Gasteiger partial charge in [-0.15, -0.1) is 0 Å². The van der Waals surface area contributed by atoms with Crippen LogP contribution in [0.4, 0.5) is 0 Å². The van der Waals surface area contributed by atoms with Gasteiger partial charge in [-0.1, -0.05) is 72.2 Å². The average molecular weight is 268 g/mol. The van der Waals surface area contributed by atoms with Gasteiger partial charge < -0.3 is 0 Å². The molecule has 100 valence electrons. The molecule has 0 amide bonds. The topological polar surface area (TPSA) is 0 Å². The summed E-state index contributed by atoms with van der Waals surface area (Å²) < 4.78 is 0. The van der Waals surface area contributed by atoms with Gasteiger partial charge in [0.25, 0.3) is 0 Å². The SMILES string of the molecule is C=C(C)C=C(C#Cc1ccccc1)C#Cc1ccccc1. The Kier molecular flexibility index (Phi) is 5.22. The predicted octanol–water partition coefficient (Wildman–Crippen LogP) is 4.59. The highest BCUT2D eigenvalue weighted by Gasteiger charge is 1.89. The van der Waals surface area contributed by atoms with E-state index in [4.69, 9.17) is 0 Å². The Labute approximate surface area is 126 Å². The van der Waals surface area contributed by atoms with Crippen LogP contribution in [-0.2, 0) is 0 Å². The third kappa shape index (κ3) is 5.27. The fourth-order valence-electron chi connectivity index (χ4n) is 1.67. The second-order valence-electron chi connectivity index (χ2n) is 4.64. The monoisotopic (exact) mass is 268 g/mol. The fourth-order valence-corrected chi connectivity index (χ4v) is 1.67. The van der Waals surface area contributed by atoms with Gasteiger partial charge in [0, 0.05) is 11.1 Å². The Morgan fingerprint density at radius 1 is 0.810 bits per heavy atom. The maximum atomic E-state index is 3.89. The Bertz CT molecular complexity index is 695. The molecule has 0 radical (unpaired) electrons. The lowest BCUT2D eigenvalue weighted by molar-refractivity contribution is 1.54. The lowest BCUT2D eigenvalue weighted by Crippen LogP contribution is -1.78. The first-order valence-electron chi connectivity index (χ1n) is 6.75. The highest BCUT2D eigenvalue weighted by molar-refractivity contribution is 5.53. The van der Waals surface area contributed by atoms with E-state index in [-0.39, 0.29) is 0 Å². The lowest BCUT2D eigenvalue weighted by atomic mass is 10.1. The Morgan fingerprint density at radius 3 is 1.62 bits per heavy atom. The first-order valence-corrected chi connectivity index (χ1v) is 6.75. The number of allylic oxidation sites excluding steroid dienone is 3. The molecular formula is C21H16. The number of rotatable bonds is 1. The van der Waals surface area contributed by atoms with E-state index >= 15 is 0 Å². The van der Waals surface area contributed by atoms with Crippen LogP contribution in [0, 0.1) is 23.7 Å². The number of hydrogen-bond donors (Lipinski definition) is 0. The molecule has 0 spiro atoms. The Morgan fingerprint density at radius 2 is 1.24 bits per heavy atom. The van der Waals surface area contributed by atoms with Crippen LogP contribution in [0.5, 0.6) is 0 Å². The summed E-state index contributed by atoms with van der Waals surface area (Å²) in [6, 6.07) is 19.8. The molecule has 0 aromatic heterocycles. The molecule has 0 aliphatic carbocycles. The summed E-state index contributed by atoms with van der Waals surface area (Å²) in [6.45, 7) is 5.83. The molecule has 0 heterocycles. The quantitative estimate of drug-likeness (QED) is 0.524. The van der Waals surface area contributed by atoms with Crippen molar-refractivity contribution in [2.75, 3.05) is 0 Å². The van der Waals surface area contributed by atoms with Gasteiger partial charge in [0.05, 0.1) is 5.57 Å². The molecule has 0 fully saturated rings. The van der Waals surface area contributed by atoms with Crippen LogP contribution in [0.15, 0.2) is 84.5 Å². The molecular weight excluding hydrogens is 252 g/mol. The van der Waals surface area contributed by atoms with E-state index in [0.717, 1.165) is 22.3 Å². The summed E-state index contributed by atoms with van der Waals surface area (Å²) in [5.41, 5.74) is 3.67. The molecule has 0 saturated heterocycles. The maximum absolute atomic E-state index is 3.89. The lowest BCUT2D eigenvalue weighted by Gasteiger charge is -1.91. The van der Waals surface area contributed by atoms with E-state index in [1.807, 2.05) is 73.7 Å². The normalized spacial score (nSPS) is 8.62. The van der Waals surface area contributed by atoms with E-state index < -0.39 is 0 Å². The summed E-state index contributed by atoms with van der Waals surface area (Å²) in [7, 11) is 0. The van der Waals surface area contributed by atoms with Gasteiger partial charge in [-0.2, -0.15) is 0 Å². The molecule has 21 heavy (non-hydrogen) atoms. The van der Waals surface area contributed by atoms with E-state index in [9.17, 15) is 0 Å². The van der Waals surface area contributed by atoms with Crippen molar-refractivity contribution in [1.29, 1.82) is 0 Å². The first-order chi connectivity index (χ1) is 10.2. The van der Waals surface area contributed by atoms with Gasteiger partial charge in [0.15, 0.2) is 0 Å². The molecule has 0 heteroatoms. The third-order valence-corrected chi connectivity index (χ3v) is 2.62. The third-order valence-electron chi connectivity index (χ3n) is 2.62. The molecule has 2 aromatic rings. The van der Waals surface area contributed by atoms with Crippen molar-refractivity contribution >= 4 is 0 Å². The summed E-state index contributed by atoms with van der Waals surface area (Å²) in [6.07, 6.45) is 1.91. The smallest absolute Gasteiger partial charge is 0.0753 e. The van der Waals surface area contributed by atoms with E-state index in [1.54, 1.807) is 0 Å². The van der Waals surface area contributed by atoms with Gasteiger partial charge >= 0.3 is 0 Å². The van der Waals surface area contributed by atoms with Crippen LogP contribution < -0.4 is 0 Å². The minimum atomic E-state index is 0.773. The van der Waals surface area contributed by atoms with Crippen LogP contribution in [0.3, 0.4) is 0 Å². The van der Waals surface area contributed by atoms with Gasteiger partial charge in [-0.05, 0) is 37.3 Å². The number of benzene rings is 2. The highest BCUT2D eigenvalue weighted by atomic mass is 13.9. The second kappa shape index (κ2) is 7.59. The van der Waals surface area contributed by atoms with Crippen LogP contribution >= 0.6 is 0 Å². The Balaban J connectivity index is 2.28. The summed E-state index contributed by atoms with van der Waals surface area (Å²) in [4.78, 5) is 0. The zero-order valence-electron chi connectivity index (χ0n) is 12.1. The van der Waals surface area contributed by atoms with Crippen molar-refractivity contribution in [3.63, 3.8) is 0 Å². The van der Waals surface area contributed by atoms with Crippen LogP contribution in [0.1, 0.15) is 18.1 Å². The standard InChI is InChI=1S/C21H16/c1-18(2)17-21(15-13-19-9-5-3-6-10-19)16-14-20-11-7-4-8-12-20/h3-12,17H,1H2,2H3. The molecule has 0 N–H and O–H groups in total. The molecule has 2 aromatic carbocycles. The first kappa shape index (κ1) is 14.4. The minimum absolute atomic E-state index is 0.773. The molecule has 0 saturated carbocycles. The molecule has 0 unspecified atom stereocenters. The largest absolute Gasteiger partial charge is 0.0960 e. The zero-order valence-corrected chi connectivity index (χ0v) is 12.1. The fraction of sp³-hybridized carbons (Fsp3) is 0.0476. The molecule has 0 aliphatic rings. The van der Waals surface area contributed by atoms with Gasteiger partial charge in [-0.3, -0.25) is 0 Å². The van der Waals surface area contributed by atoms with Crippen molar-refractivity contribution < 1.29 is 0 Å². The summed E-state index contributed by atoms with van der Waals surface area (Å²) >= 11 is 0. The van der Waals surface area contributed by atoms with Crippen molar-refractivity contribution in [3.05, 3.63) is 95.6 Å². The predicted molar refractivity (Wildman–Crippen MR) is 89.5 cm³/mol. The van der Waals surface area contributed by atoms with Gasteiger partial charge in [0.2, 0.25) is 0 Å². The molecule has 0 aliphatic heterocycles.